The first kappa shape index (κ1) is 16.9. The number of hydrogen-bond acceptors (Lipinski definition) is 4. The van der Waals surface area contributed by atoms with Crippen molar-refractivity contribution in [3.63, 3.8) is 0 Å². The molecule has 19 heavy (non-hydrogen) atoms. The van der Waals surface area contributed by atoms with Crippen LogP contribution in [0.15, 0.2) is 26.4 Å². The Hall–Kier alpha value is -0.200. The lowest BCUT2D eigenvalue weighted by molar-refractivity contribution is -0.122. The lowest BCUT2D eigenvalue weighted by Gasteiger charge is -2.22. The molecule has 1 fully saturated rings. The van der Waals surface area contributed by atoms with Gasteiger partial charge in [0, 0.05) is 4.91 Å². The van der Waals surface area contributed by atoms with Crippen molar-refractivity contribution < 1.29 is 4.79 Å². The molecule has 0 aromatic rings. The second-order valence-corrected chi connectivity index (χ2v) is 8.71. The molecule has 0 saturated carbocycles. The molecule has 0 spiro atoms. The Balaban J connectivity index is 2.62. The summed E-state index contributed by atoms with van der Waals surface area (Å²) in [5, 5.41) is 3.54. The van der Waals surface area contributed by atoms with Gasteiger partial charge in [0.25, 0.3) is 0 Å². The van der Waals surface area contributed by atoms with E-state index in [0.717, 1.165) is 8.72 Å². The number of carbonyl (C=O) groups is 1. The van der Waals surface area contributed by atoms with Gasteiger partial charge in [-0.05, 0) is 35.7 Å². The Morgan fingerprint density at radius 1 is 1.68 bits per heavy atom. The van der Waals surface area contributed by atoms with Crippen LogP contribution in [0.2, 0.25) is 0 Å². The fourth-order valence-corrected chi connectivity index (χ4v) is 3.60. The summed E-state index contributed by atoms with van der Waals surface area (Å²) in [6.45, 7) is 12.5. The number of halogens is 1. The zero-order valence-electron chi connectivity index (χ0n) is 11.6. The number of amides is 1. The number of amidine groups is 1. The van der Waals surface area contributed by atoms with Gasteiger partial charge >= 0.3 is 0 Å². The van der Waals surface area contributed by atoms with Crippen molar-refractivity contribution in [2.24, 2.45) is 10.9 Å². The summed E-state index contributed by atoms with van der Waals surface area (Å²) in [6.07, 6.45) is 1.96. The first-order valence-electron chi connectivity index (χ1n) is 6.02. The van der Waals surface area contributed by atoms with Crippen LogP contribution in [-0.4, -0.2) is 22.4 Å². The molecule has 0 aliphatic carbocycles. The van der Waals surface area contributed by atoms with Crippen LogP contribution in [0.3, 0.4) is 0 Å². The lowest BCUT2D eigenvalue weighted by Crippen LogP contribution is -2.38. The molecule has 1 atom stereocenters. The number of allylic oxidation sites excluding steroid dienone is 1. The molecule has 1 heterocycles. The smallest absolute Gasteiger partial charge is 0.242 e. The van der Waals surface area contributed by atoms with Gasteiger partial charge in [0.15, 0.2) is 5.17 Å². The molecule has 1 aliphatic heterocycles. The van der Waals surface area contributed by atoms with Crippen LogP contribution in [0.1, 0.15) is 27.7 Å². The van der Waals surface area contributed by atoms with Crippen molar-refractivity contribution in [1.29, 1.82) is 0 Å². The van der Waals surface area contributed by atoms with Crippen molar-refractivity contribution in [2.75, 3.05) is 6.54 Å². The quantitative estimate of drug-likeness (QED) is 0.799. The number of rotatable bonds is 5. The van der Waals surface area contributed by atoms with Crippen LogP contribution in [-0.2, 0) is 4.79 Å². The van der Waals surface area contributed by atoms with Crippen LogP contribution in [0.25, 0.3) is 0 Å². The molecule has 0 aromatic carbocycles. The van der Waals surface area contributed by atoms with Gasteiger partial charge in [0.1, 0.15) is 4.75 Å². The second-order valence-electron chi connectivity index (χ2n) is 4.67. The molecule has 1 N–H and O–H groups in total. The molecule has 0 aromatic heterocycles. The monoisotopic (exact) mass is 362 g/mol. The van der Waals surface area contributed by atoms with Crippen LogP contribution in [0, 0.1) is 5.92 Å². The van der Waals surface area contributed by atoms with Crippen molar-refractivity contribution in [3.05, 3.63) is 21.4 Å². The lowest BCUT2D eigenvalue weighted by atomic mass is 9.96. The van der Waals surface area contributed by atoms with Crippen LogP contribution in [0.5, 0.6) is 0 Å². The molecular formula is C13H19BrN2OS2. The second kappa shape index (κ2) is 6.99. The Bertz CT molecular complexity index is 446. The molecule has 1 saturated heterocycles. The maximum absolute atomic E-state index is 12.0. The topological polar surface area (TPSA) is 41.5 Å². The van der Waals surface area contributed by atoms with E-state index in [1.54, 1.807) is 11.8 Å². The van der Waals surface area contributed by atoms with Crippen molar-refractivity contribution in [1.82, 2.24) is 5.32 Å². The maximum Gasteiger partial charge on any atom is 0.242 e. The average Bonchev–Trinajstić information content (AvgIpc) is 2.64. The third-order valence-corrected chi connectivity index (χ3v) is 6.25. The Morgan fingerprint density at radius 3 is 2.79 bits per heavy atom. The van der Waals surface area contributed by atoms with E-state index >= 15 is 0 Å². The number of nitrogens with one attached hydrogen (secondary N) is 1. The molecule has 1 aliphatic rings. The third kappa shape index (κ3) is 4.39. The Morgan fingerprint density at radius 2 is 2.32 bits per heavy atom. The highest BCUT2D eigenvalue weighted by atomic mass is 79.9. The van der Waals surface area contributed by atoms with E-state index in [2.05, 4.69) is 32.8 Å². The predicted molar refractivity (Wildman–Crippen MR) is 90.7 cm³/mol. The number of carbonyl (C=O) groups excluding carboxylic acids is 1. The number of aliphatic imine (C=N–C) groups is 1. The Labute approximate surface area is 131 Å². The molecule has 1 rings (SSSR count). The normalized spacial score (nSPS) is 26.1. The summed E-state index contributed by atoms with van der Waals surface area (Å²) in [4.78, 5) is 17.3. The summed E-state index contributed by atoms with van der Waals surface area (Å²) in [5.74, 6) is 0.305. The standard InChI is InChI=1S/C13H19BrN2OS2/c1-6-10(14)18-9(4)7-15-12-16-11(17)13(5,19-12)8(2)3/h6,8H,4,7H2,1-3,5H3,(H,15,16,17)/b10-6-. The molecule has 0 bridgehead atoms. The van der Waals surface area contributed by atoms with Crippen LogP contribution in [0.4, 0.5) is 0 Å². The summed E-state index contributed by atoms with van der Waals surface area (Å²) in [7, 11) is 0. The SMILES string of the molecule is C=C(CN=C1NC(=O)C(C)(C(C)C)S1)S/C(Br)=C\C. The van der Waals surface area contributed by atoms with Crippen molar-refractivity contribution in [2.45, 2.75) is 32.4 Å². The highest BCUT2D eigenvalue weighted by Gasteiger charge is 2.44. The summed E-state index contributed by atoms with van der Waals surface area (Å²) in [6, 6.07) is 0. The van der Waals surface area contributed by atoms with Crippen molar-refractivity contribution in [3.8, 4) is 0 Å². The predicted octanol–water partition coefficient (Wildman–Crippen LogP) is 4.12. The van der Waals surface area contributed by atoms with E-state index in [1.807, 2.05) is 33.8 Å². The largest absolute Gasteiger partial charge is 0.304 e. The summed E-state index contributed by atoms with van der Waals surface area (Å²) in [5.41, 5.74) is 0. The first-order valence-corrected chi connectivity index (χ1v) is 8.44. The zero-order valence-corrected chi connectivity index (χ0v) is 14.8. The molecular weight excluding hydrogens is 344 g/mol. The number of thioether (sulfide) groups is 2. The summed E-state index contributed by atoms with van der Waals surface area (Å²) < 4.78 is 0.602. The summed E-state index contributed by atoms with van der Waals surface area (Å²) >= 11 is 6.47. The van der Waals surface area contributed by atoms with Gasteiger partial charge in [-0.1, -0.05) is 50.0 Å². The van der Waals surface area contributed by atoms with E-state index in [-0.39, 0.29) is 11.8 Å². The van der Waals surface area contributed by atoms with Crippen LogP contribution >= 0.6 is 39.5 Å². The third-order valence-electron chi connectivity index (χ3n) is 2.95. The molecule has 1 unspecified atom stereocenters. The first-order chi connectivity index (χ1) is 8.79. The highest BCUT2D eigenvalue weighted by Crippen LogP contribution is 2.38. The molecule has 1 amide bonds. The van der Waals surface area contributed by atoms with Gasteiger partial charge in [0.2, 0.25) is 5.91 Å². The van der Waals surface area contributed by atoms with E-state index in [1.165, 1.54) is 11.8 Å². The van der Waals surface area contributed by atoms with Gasteiger partial charge in [-0.3, -0.25) is 9.79 Å². The minimum Gasteiger partial charge on any atom is -0.304 e. The van der Waals surface area contributed by atoms with Gasteiger partial charge in [-0.2, -0.15) is 0 Å². The molecule has 6 heteroatoms. The highest BCUT2D eigenvalue weighted by molar-refractivity contribution is 9.14. The van der Waals surface area contributed by atoms with Crippen LogP contribution < -0.4 is 5.32 Å². The minimum atomic E-state index is -0.419. The van der Waals surface area contributed by atoms with Gasteiger partial charge in [-0.25, -0.2) is 0 Å². The van der Waals surface area contributed by atoms with Gasteiger partial charge < -0.3 is 5.32 Å². The van der Waals surface area contributed by atoms with E-state index in [0.29, 0.717) is 11.7 Å². The minimum absolute atomic E-state index is 0.0409. The number of hydrogen-bond donors (Lipinski definition) is 1. The molecule has 106 valence electrons. The fraction of sp³-hybridized carbons (Fsp3) is 0.538. The molecule has 0 radical (unpaired) electrons. The number of nitrogens with zero attached hydrogens (tertiary/aromatic N) is 1. The zero-order chi connectivity index (χ0) is 14.6. The maximum atomic E-state index is 12.0. The van der Waals surface area contributed by atoms with Gasteiger partial charge in [-0.15, -0.1) is 0 Å². The van der Waals surface area contributed by atoms with Gasteiger partial charge in [0.05, 0.1) is 10.4 Å². The molecule has 3 nitrogen and oxygen atoms in total. The van der Waals surface area contributed by atoms with E-state index in [4.69, 9.17) is 0 Å². The fourth-order valence-electron chi connectivity index (χ4n) is 1.33. The Kier molecular flexibility index (Phi) is 6.20. The van der Waals surface area contributed by atoms with E-state index < -0.39 is 4.75 Å². The average molecular weight is 363 g/mol. The van der Waals surface area contributed by atoms with Crippen molar-refractivity contribution >= 4 is 50.5 Å². The van der Waals surface area contributed by atoms with E-state index in [9.17, 15) is 4.79 Å².